The van der Waals surface area contributed by atoms with Crippen molar-refractivity contribution < 1.29 is 18.3 Å². The average Bonchev–Trinajstić information content (AvgIpc) is 2.70. The Morgan fingerprint density at radius 1 is 1.09 bits per heavy atom. The normalized spacial score (nSPS) is 20.0. The molecule has 0 saturated heterocycles. The molecule has 0 fully saturated rings. The van der Waals surface area contributed by atoms with E-state index in [1.165, 1.54) is 31.4 Å². The van der Waals surface area contributed by atoms with Crippen molar-refractivity contribution in [2.24, 2.45) is 0 Å². The molecule has 0 N–H and O–H groups in total. The third-order valence-corrected chi connectivity index (χ3v) is 4.51. The van der Waals surface area contributed by atoms with Crippen LogP contribution in [0.1, 0.15) is 34.0 Å². The van der Waals surface area contributed by atoms with Gasteiger partial charge in [-0.2, -0.15) is 0 Å². The molecule has 1 unspecified atom stereocenters. The van der Waals surface area contributed by atoms with E-state index in [1.807, 2.05) is 0 Å². The number of benzene rings is 2. The molecule has 23 heavy (non-hydrogen) atoms. The molecule has 1 aliphatic carbocycles. The summed E-state index contributed by atoms with van der Waals surface area (Å²) in [6.07, 6.45) is 0. The van der Waals surface area contributed by atoms with Crippen molar-refractivity contribution in [1.82, 2.24) is 0 Å². The van der Waals surface area contributed by atoms with Crippen molar-refractivity contribution in [3.05, 3.63) is 76.9 Å². The smallest absolute Gasteiger partial charge is 0.178 e. The summed E-state index contributed by atoms with van der Waals surface area (Å²) in [6.45, 7) is 5.96. The maximum atomic E-state index is 13.6. The largest absolute Gasteiger partial charge is 0.380 e. The molecule has 3 rings (SSSR count). The lowest BCUT2D eigenvalue weighted by atomic mass is 9.74. The van der Waals surface area contributed by atoms with Gasteiger partial charge in [0.1, 0.15) is 11.6 Å². The predicted octanol–water partition coefficient (Wildman–Crippen LogP) is 4.28. The monoisotopic (exact) mass is 314 g/mol. The van der Waals surface area contributed by atoms with E-state index >= 15 is 0 Å². The van der Waals surface area contributed by atoms with Crippen molar-refractivity contribution in [2.75, 3.05) is 7.11 Å². The van der Waals surface area contributed by atoms with Gasteiger partial charge in [0.2, 0.25) is 0 Å². The second-order valence-corrected chi connectivity index (χ2v) is 5.86. The van der Waals surface area contributed by atoms with Crippen LogP contribution in [0.25, 0.3) is 5.57 Å². The van der Waals surface area contributed by atoms with E-state index in [4.69, 9.17) is 4.74 Å². The zero-order valence-electron chi connectivity index (χ0n) is 13.0. The lowest BCUT2D eigenvalue weighted by molar-refractivity contribution is 0.0940. The Labute approximate surface area is 133 Å². The van der Waals surface area contributed by atoms with Crippen LogP contribution in [-0.4, -0.2) is 12.9 Å². The Morgan fingerprint density at radius 2 is 1.74 bits per heavy atom. The zero-order chi connectivity index (χ0) is 16.8. The molecule has 0 amide bonds. The first-order valence-electron chi connectivity index (χ1n) is 7.21. The van der Waals surface area contributed by atoms with Gasteiger partial charge in [-0.05, 0) is 53.5 Å². The molecule has 2 aromatic rings. The Kier molecular flexibility index (Phi) is 3.65. The molecule has 0 spiro atoms. The summed E-state index contributed by atoms with van der Waals surface area (Å²) in [7, 11) is 1.51. The van der Waals surface area contributed by atoms with Crippen molar-refractivity contribution in [3.8, 4) is 0 Å². The summed E-state index contributed by atoms with van der Waals surface area (Å²) in [5.74, 6) is -1.10. The minimum absolute atomic E-state index is 0.175. The molecule has 0 aromatic heterocycles. The third kappa shape index (κ3) is 2.21. The standard InChI is InChI=1S/C19H16F2O2/c1-11-15-6-4-14(21)9-16(15)18(22)19(11,2)17-7-5-13(20)8-12(17)10-23-3/h4-9H,1,10H2,2-3H3. The van der Waals surface area contributed by atoms with Gasteiger partial charge in [-0.15, -0.1) is 0 Å². The highest BCUT2D eigenvalue weighted by molar-refractivity contribution is 6.20. The molecule has 0 saturated carbocycles. The molecule has 0 radical (unpaired) electrons. The molecule has 2 nitrogen and oxygen atoms in total. The third-order valence-electron chi connectivity index (χ3n) is 4.51. The maximum Gasteiger partial charge on any atom is 0.178 e. The summed E-state index contributed by atoms with van der Waals surface area (Å²) < 4.78 is 32.2. The molecule has 1 aliphatic rings. The van der Waals surface area contributed by atoms with Crippen LogP contribution in [0.2, 0.25) is 0 Å². The lowest BCUT2D eigenvalue weighted by Crippen LogP contribution is -2.30. The number of ether oxygens (including phenoxy) is 1. The highest BCUT2D eigenvalue weighted by Gasteiger charge is 2.47. The topological polar surface area (TPSA) is 26.3 Å². The van der Waals surface area contributed by atoms with Gasteiger partial charge in [-0.25, -0.2) is 8.78 Å². The fourth-order valence-electron chi connectivity index (χ4n) is 3.25. The number of rotatable bonds is 3. The van der Waals surface area contributed by atoms with Crippen LogP contribution in [0, 0.1) is 11.6 Å². The van der Waals surface area contributed by atoms with Crippen LogP contribution in [0.15, 0.2) is 43.0 Å². The summed E-state index contributed by atoms with van der Waals surface area (Å²) in [6, 6.07) is 8.35. The van der Waals surface area contributed by atoms with Crippen molar-refractivity contribution in [3.63, 3.8) is 0 Å². The summed E-state index contributed by atoms with van der Waals surface area (Å²) >= 11 is 0. The number of methoxy groups -OCH3 is 1. The van der Waals surface area contributed by atoms with E-state index in [1.54, 1.807) is 19.1 Å². The Bertz CT molecular complexity index is 826. The minimum Gasteiger partial charge on any atom is -0.380 e. The molecule has 118 valence electrons. The van der Waals surface area contributed by atoms with Crippen LogP contribution >= 0.6 is 0 Å². The van der Waals surface area contributed by atoms with E-state index in [-0.39, 0.29) is 12.4 Å². The van der Waals surface area contributed by atoms with Gasteiger partial charge in [0.25, 0.3) is 0 Å². The van der Waals surface area contributed by atoms with E-state index in [0.29, 0.717) is 27.8 Å². The van der Waals surface area contributed by atoms with Gasteiger partial charge in [0, 0.05) is 12.7 Å². The van der Waals surface area contributed by atoms with E-state index in [9.17, 15) is 13.6 Å². The molecule has 0 aliphatic heterocycles. The first kappa shape index (κ1) is 15.6. The fourth-order valence-corrected chi connectivity index (χ4v) is 3.25. The first-order valence-corrected chi connectivity index (χ1v) is 7.21. The van der Waals surface area contributed by atoms with Gasteiger partial charge in [0.05, 0.1) is 12.0 Å². The number of halogens is 2. The molecule has 4 heteroatoms. The number of carbonyl (C=O) groups excluding carboxylic acids is 1. The van der Waals surface area contributed by atoms with Crippen molar-refractivity contribution in [2.45, 2.75) is 18.9 Å². The molecular formula is C19H16F2O2. The first-order chi connectivity index (χ1) is 10.9. The Hall–Kier alpha value is -2.33. The minimum atomic E-state index is -1.06. The molecule has 0 bridgehead atoms. The fraction of sp³-hybridized carbons (Fsp3) is 0.211. The molecule has 1 atom stereocenters. The second-order valence-electron chi connectivity index (χ2n) is 5.86. The number of Topliss-reactive ketones (excluding diaryl/α,β-unsaturated/α-hetero) is 1. The van der Waals surface area contributed by atoms with Crippen molar-refractivity contribution in [1.29, 1.82) is 0 Å². The van der Waals surface area contributed by atoms with Crippen LogP contribution < -0.4 is 0 Å². The Morgan fingerprint density at radius 3 is 2.43 bits per heavy atom. The van der Waals surface area contributed by atoms with Gasteiger partial charge in [-0.1, -0.05) is 18.7 Å². The quantitative estimate of drug-likeness (QED) is 0.845. The summed E-state index contributed by atoms with van der Waals surface area (Å²) in [5.41, 5.74) is 1.68. The van der Waals surface area contributed by atoms with E-state index in [2.05, 4.69) is 6.58 Å². The number of hydrogen-bond donors (Lipinski definition) is 0. The Balaban J connectivity index is 2.21. The van der Waals surface area contributed by atoms with E-state index in [0.717, 1.165) is 0 Å². The van der Waals surface area contributed by atoms with Gasteiger partial charge < -0.3 is 4.74 Å². The van der Waals surface area contributed by atoms with Crippen LogP contribution in [0.3, 0.4) is 0 Å². The number of hydrogen-bond acceptors (Lipinski definition) is 2. The number of fused-ring (bicyclic) bond motifs is 1. The van der Waals surface area contributed by atoms with Crippen LogP contribution in [-0.2, 0) is 16.8 Å². The predicted molar refractivity (Wildman–Crippen MR) is 84.2 cm³/mol. The van der Waals surface area contributed by atoms with E-state index < -0.39 is 17.0 Å². The molecule has 2 aromatic carbocycles. The molecular weight excluding hydrogens is 298 g/mol. The van der Waals surface area contributed by atoms with Gasteiger partial charge >= 0.3 is 0 Å². The zero-order valence-corrected chi connectivity index (χ0v) is 13.0. The van der Waals surface area contributed by atoms with Gasteiger partial charge in [0.15, 0.2) is 5.78 Å². The van der Waals surface area contributed by atoms with Crippen molar-refractivity contribution >= 4 is 11.4 Å². The number of carbonyl (C=O) groups is 1. The SMILES string of the molecule is C=C1c2ccc(F)cc2C(=O)C1(C)c1ccc(F)cc1COC. The highest BCUT2D eigenvalue weighted by atomic mass is 19.1. The lowest BCUT2D eigenvalue weighted by Gasteiger charge is -2.27. The average molecular weight is 314 g/mol. The second kappa shape index (κ2) is 5.39. The van der Waals surface area contributed by atoms with Crippen LogP contribution in [0.4, 0.5) is 8.78 Å². The van der Waals surface area contributed by atoms with Gasteiger partial charge in [-0.3, -0.25) is 4.79 Å². The molecule has 0 heterocycles. The number of allylic oxidation sites excluding steroid dienone is 1. The highest BCUT2D eigenvalue weighted by Crippen LogP contribution is 2.48. The number of ketones is 1. The maximum absolute atomic E-state index is 13.6. The summed E-state index contributed by atoms with van der Waals surface area (Å²) in [5, 5.41) is 0. The van der Waals surface area contributed by atoms with Crippen LogP contribution in [0.5, 0.6) is 0 Å². The summed E-state index contributed by atoms with van der Waals surface area (Å²) in [4.78, 5) is 13.0.